The fraction of sp³-hybridized carbons (Fsp3) is 0.300. The van der Waals surface area contributed by atoms with Crippen LogP contribution in [-0.2, 0) is 6.42 Å². The molecule has 1 aromatic carbocycles. The van der Waals surface area contributed by atoms with E-state index >= 15 is 0 Å². The van der Waals surface area contributed by atoms with E-state index in [-0.39, 0.29) is 11.3 Å². The van der Waals surface area contributed by atoms with E-state index in [1.54, 1.807) is 0 Å². The Morgan fingerprint density at radius 1 is 1.46 bits per heavy atom. The second-order valence-corrected chi connectivity index (χ2v) is 2.90. The molecule has 0 spiro atoms. The van der Waals surface area contributed by atoms with Gasteiger partial charge in [-0.1, -0.05) is 13.3 Å². The number of phenols is 1. The quantitative estimate of drug-likeness (QED) is 0.748. The molecule has 0 atom stereocenters. The smallest absolute Gasteiger partial charge is 0.335 e. The third-order valence-corrected chi connectivity index (χ3v) is 1.85. The SMILES string of the molecule is CCCc1cc(C(=O)O)ccc1O. The van der Waals surface area contributed by atoms with Crippen LogP contribution in [0.3, 0.4) is 0 Å². The number of carbonyl (C=O) groups is 1. The summed E-state index contributed by atoms with van der Waals surface area (Å²) in [5.74, 6) is -0.788. The van der Waals surface area contributed by atoms with Crippen molar-refractivity contribution in [2.24, 2.45) is 0 Å². The second-order valence-electron chi connectivity index (χ2n) is 2.90. The maximum Gasteiger partial charge on any atom is 0.335 e. The molecule has 3 nitrogen and oxygen atoms in total. The highest BCUT2D eigenvalue weighted by Gasteiger charge is 2.06. The van der Waals surface area contributed by atoms with Gasteiger partial charge < -0.3 is 10.2 Å². The Balaban J connectivity index is 3.03. The molecule has 0 aliphatic rings. The van der Waals surface area contributed by atoms with Crippen LogP contribution in [0, 0.1) is 0 Å². The van der Waals surface area contributed by atoms with E-state index < -0.39 is 5.97 Å². The minimum absolute atomic E-state index is 0.173. The van der Waals surface area contributed by atoms with Crippen LogP contribution in [0.2, 0.25) is 0 Å². The lowest BCUT2D eigenvalue weighted by molar-refractivity contribution is 0.0697. The maximum atomic E-state index is 10.6. The summed E-state index contributed by atoms with van der Waals surface area (Å²) in [6, 6.07) is 4.34. The average molecular weight is 180 g/mol. The van der Waals surface area contributed by atoms with Crippen molar-refractivity contribution < 1.29 is 15.0 Å². The molecule has 0 heterocycles. The van der Waals surface area contributed by atoms with Crippen LogP contribution in [0.25, 0.3) is 0 Å². The maximum absolute atomic E-state index is 10.6. The van der Waals surface area contributed by atoms with Crippen molar-refractivity contribution in [2.45, 2.75) is 19.8 Å². The average Bonchev–Trinajstić information content (AvgIpc) is 2.08. The summed E-state index contributed by atoms with van der Waals surface area (Å²) >= 11 is 0. The standard InChI is InChI=1S/C10H12O3/c1-2-3-7-6-8(10(12)13)4-5-9(7)11/h4-6,11H,2-3H2,1H3,(H,12,13). The highest BCUT2D eigenvalue weighted by Crippen LogP contribution is 2.19. The summed E-state index contributed by atoms with van der Waals surface area (Å²) in [6.45, 7) is 1.98. The van der Waals surface area contributed by atoms with Crippen LogP contribution < -0.4 is 0 Å². The van der Waals surface area contributed by atoms with Gasteiger partial charge in [-0.2, -0.15) is 0 Å². The Morgan fingerprint density at radius 2 is 2.15 bits per heavy atom. The molecule has 0 amide bonds. The molecule has 0 aliphatic heterocycles. The number of rotatable bonds is 3. The topological polar surface area (TPSA) is 57.5 Å². The van der Waals surface area contributed by atoms with E-state index in [0.717, 1.165) is 6.42 Å². The lowest BCUT2D eigenvalue weighted by Crippen LogP contribution is -1.97. The molecule has 0 bridgehead atoms. The number of hydrogen-bond acceptors (Lipinski definition) is 2. The summed E-state index contributed by atoms with van der Waals surface area (Å²) < 4.78 is 0. The van der Waals surface area contributed by atoms with Crippen molar-refractivity contribution >= 4 is 5.97 Å². The van der Waals surface area contributed by atoms with Crippen molar-refractivity contribution in [2.75, 3.05) is 0 Å². The van der Waals surface area contributed by atoms with Crippen LogP contribution in [0.1, 0.15) is 29.3 Å². The van der Waals surface area contributed by atoms with E-state index in [2.05, 4.69) is 0 Å². The van der Waals surface area contributed by atoms with Gasteiger partial charge in [0.1, 0.15) is 5.75 Å². The molecule has 0 aliphatic carbocycles. The fourth-order valence-corrected chi connectivity index (χ4v) is 1.19. The fourth-order valence-electron chi connectivity index (χ4n) is 1.19. The third kappa shape index (κ3) is 2.21. The van der Waals surface area contributed by atoms with E-state index in [4.69, 9.17) is 5.11 Å². The molecule has 0 saturated carbocycles. The molecule has 1 aromatic rings. The number of phenolic OH excluding ortho intramolecular Hbond substituents is 1. The monoisotopic (exact) mass is 180 g/mol. The molecule has 0 unspecified atom stereocenters. The molecule has 1 rings (SSSR count). The van der Waals surface area contributed by atoms with Crippen molar-refractivity contribution in [3.8, 4) is 5.75 Å². The molecule has 0 radical (unpaired) electrons. The largest absolute Gasteiger partial charge is 0.508 e. The van der Waals surface area contributed by atoms with Gasteiger partial charge in [0.15, 0.2) is 0 Å². The molecule has 0 fully saturated rings. The lowest BCUT2D eigenvalue weighted by Gasteiger charge is -2.03. The van der Waals surface area contributed by atoms with Crippen LogP contribution in [0.4, 0.5) is 0 Å². The summed E-state index contributed by atoms with van der Waals surface area (Å²) in [5.41, 5.74) is 0.920. The predicted molar refractivity (Wildman–Crippen MR) is 49.1 cm³/mol. The van der Waals surface area contributed by atoms with Gasteiger partial charge in [0.2, 0.25) is 0 Å². The van der Waals surface area contributed by atoms with Gasteiger partial charge in [0.25, 0.3) is 0 Å². The van der Waals surface area contributed by atoms with Crippen LogP contribution in [0.5, 0.6) is 5.75 Å². The minimum atomic E-state index is -0.961. The molecule has 0 aromatic heterocycles. The Kier molecular flexibility index (Phi) is 2.90. The predicted octanol–water partition coefficient (Wildman–Crippen LogP) is 2.04. The lowest BCUT2D eigenvalue weighted by atomic mass is 10.1. The number of aromatic hydroxyl groups is 1. The van der Waals surface area contributed by atoms with E-state index in [9.17, 15) is 9.90 Å². The summed E-state index contributed by atoms with van der Waals surface area (Å²) in [6.07, 6.45) is 1.59. The van der Waals surface area contributed by atoms with E-state index in [1.165, 1.54) is 18.2 Å². The Hall–Kier alpha value is -1.51. The van der Waals surface area contributed by atoms with Crippen molar-refractivity contribution in [1.82, 2.24) is 0 Å². The van der Waals surface area contributed by atoms with Crippen molar-refractivity contribution in [1.29, 1.82) is 0 Å². The number of carboxylic acids is 1. The second kappa shape index (κ2) is 3.94. The van der Waals surface area contributed by atoms with Crippen molar-refractivity contribution in [3.63, 3.8) is 0 Å². The minimum Gasteiger partial charge on any atom is -0.508 e. The zero-order chi connectivity index (χ0) is 9.84. The first-order valence-electron chi connectivity index (χ1n) is 4.20. The molecule has 13 heavy (non-hydrogen) atoms. The van der Waals surface area contributed by atoms with Gasteiger partial charge in [-0.05, 0) is 30.2 Å². The van der Waals surface area contributed by atoms with Gasteiger partial charge in [0.05, 0.1) is 5.56 Å². The number of aromatic carboxylic acids is 1. The first-order chi connectivity index (χ1) is 6.15. The molecule has 2 N–H and O–H groups in total. The van der Waals surface area contributed by atoms with Crippen LogP contribution >= 0.6 is 0 Å². The molecular weight excluding hydrogens is 168 g/mol. The molecular formula is C10H12O3. The summed E-state index contributed by atoms with van der Waals surface area (Å²) in [7, 11) is 0. The highest BCUT2D eigenvalue weighted by molar-refractivity contribution is 5.88. The van der Waals surface area contributed by atoms with Crippen LogP contribution in [0.15, 0.2) is 18.2 Å². The van der Waals surface area contributed by atoms with E-state index in [0.29, 0.717) is 12.0 Å². The number of carboxylic acid groups (broad SMARTS) is 1. The van der Waals surface area contributed by atoms with Gasteiger partial charge in [0, 0.05) is 0 Å². The highest BCUT2D eigenvalue weighted by atomic mass is 16.4. The molecule has 0 saturated heterocycles. The first-order valence-corrected chi connectivity index (χ1v) is 4.20. The normalized spacial score (nSPS) is 9.92. The van der Waals surface area contributed by atoms with Crippen LogP contribution in [-0.4, -0.2) is 16.2 Å². The number of aryl methyl sites for hydroxylation is 1. The molecule has 70 valence electrons. The zero-order valence-corrected chi connectivity index (χ0v) is 7.45. The summed E-state index contributed by atoms with van der Waals surface area (Å²) in [5, 5.41) is 18.0. The Labute approximate surface area is 76.6 Å². The third-order valence-electron chi connectivity index (χ3n) is 1.85. The van der Waals surface area contributed by atoms with E-state index in [1.807, 2.05) is 6.92 Å². The van der Waals surface area contributed by atoms with Gasteiger partial charge >= 0.3 is 5.97 Å². The summed E-state index contributed by atoms with van der Waals surface area (Å²) in [4.78, 5) is 10.6. The Morgan fingerprint density at radius 3 is 2.69 bits per heavy atom. The number of hydrogen-bond donors (Lipinski definition) is 2. The zero-order valence-electron chi connectivity index (χ0n) is 7.45. The van der Waals surface area contributed by atoms with Gasteiger partial charge in [-0.3, -0.25) is 0 Å². The molecule has 3 heteroatoms. The Bertz CT molecular complexity index is 318. The number of benzene rings is 1. The van der Waals surface area contributed by atoms with Gasteiger partial charge in [-0.25, -0.2) is 4.79 Å². The van der Waals surface area contributed by atoms with Gasteiger partial charge in [-0.15, -0.1) is 0 Å². The van der Waals surface area contributed by atoms with Crippen molar-refractivity contribution in [3.05, 3.63) is 29.3 Å². The first kappa shape index (κ1) is 9.58.